The van der Waals surface area contributed by atoms with E-state index in [1.807, 2.05) is 0 Å². The van der Waals surface area contributed by atoms with Gasteiger partial charge < -0.3 is 16.2 Å². The van der Waals surface area contributed by atoms with Crippen molar-refractivity contribution < 1.29 is 13.5 Å². The first-order chi connectivity index (χ1) is 8.99. The molecule has 0 saturated carbocycles. The van der Waals surface area contributed by atoms with Crippen molar-refractivity contribution in [1.29, 1.82) is 0 Å². The summed E-state index contributed by atoms with van der Waals surface area (Å²) < 4.78 is 29.2. The van der Waals surface area contributed by atoms with Gasteiger partial charge in [-0.3, -0.25) is 0 Å². The van der Waals surface area contributed by atoms with E-state index in [4.69, 9.17) is 23.1 Å². The molecule has 0 aliphatic heterocycles. The van der Waals surface area contributed by atoms with Crippen molar-refractivity contribution in [3.63, 3.8) is 0 Å². The van der Waals surface area contributed by atoms with Gasteiger partial charge in [0.25, 0.3) is 0 Å². The van der Waals surface area contributed by atoms with Crippen molar-refractivity contribution in [1.82, 2.24) is 0 Å². The normalized spacial score (nSPS) is 10.7. The van der Waals surface area contributed by atoms with Crippen LogP contribution in [0.1, 0.15) is 0 Å². The molecule has 100 valence electrons. The largest absolute Gasteiger partial charge is 0.434 e. The van der Waals surface area contributed by atoms with Crippen LogP contribution < -0.4 is 16.2 Å². The van der Waals surface area contributed by atoms with Gasteiger partial charge in [0.2, 0.25) is 0 Å². The van der Waals surface area contributed by atoms with Gasteiger partial charge in [-0.05, 0) is 18.2 Å². The molecule has 0 bridgehead atoms. The average Bonchev–Trinajstić information content (AvgIpc) is 2.34. The fraction of sp³-hybridized carbons (Fsp3) is 0.0769. The Morgan fingerprint density at radius 1 is 1.00 bits per heavy atom. The summed E-state index contributed by atoms with van der Waals surface area (Å²) in [5.74, 6) is 0.0311. The van der Waals surface area contributed by atoms with Crippen molar-refractivity contribution in [3.05, 3.63) is 41.4 Å². The van der Waals surface area contributed by atoms with Crippen LogP contribution in [0.4, 0.5) is 20.2 Å². The Bertz CT molecular complexity index is 605. The average molecular weight is 285 g/mol. The molecule has 0 radical (unpaired) electrons. The van der Waals surface area contributed by atoms with Crippen LogP contribution in [0.15, 0.2) is 36.4 Å². The topological polar surface area (TPSA) is 61.3 Å². The maximum absolute atomic E-state index is 12.4. The summed E-state index contributed by atoms with van der Waals surface area (Å²) in [6.07, 6.45) is 0. The Labute approximate surface area is 113 Å². The number of ether oxygens (including phenoxy) is 1. The van der Waals surface area contributed by atoms with E-state index in [2.05, 4.69) is 4.74 Å². The number of rotatable bonds is 3. The zero-order valence-corrected chi connectivity index (χ0v) is 10.5. The van der Waals surface area contributed by atoms with Crippen LogP contribution in [0, 0.1) is 0 Å². The lowest BCUT2D eigenvalue weighted by Gasteiger charge is -2.13. The number of alkyl halides is 2. The molecule has 0 heterocycles. The summed E-state index contributed by atoms with van der Waals surface area (Å²) in [7, 11) is 0. The molecule has 0 aromatic heterocycles. The van der Waals surface area contributed by atoms with Gasteiger partial charge in [0, 0.05) is 11.1 Å². The first kappa shape index (κ1) is 13.4. The second-order valence-electron chi connectivity index (χ2n) is 3.84. The number of hydrogen-bond donors (Lipinski definition) is 2. The third kappa shape index (κ3) is 2.88. The van der Waals surface area contributed by atoms with Crippen molar-refractivity contribution >= 4 is 23.0 Å². The van der Waals surface area contributed by atoms with Crippen LogP contribution in [0.2, 0.25) is 5.02 Å². The molecule has 6 heteroatoms. The quantitative estimate of drug-likeness (QED) is 0.843. The van der Waals surface area contributed by atoms with Gasteiger partial charge in [-0.15, -0.1) is 0 Å². The molecular weight excluding hydrogens is 274 g/mol. The predicted octanol–water partition coefficient (Wildman–Crippen LogP) is 3.77. The number of anilines is 2. The summed E-state index contributed by atoms with van der Waals surface area (Å²) in [6, 6.07) is 9.35. The lowest BCUT2D eigenvalue weighted by atomic mass is 10.0. The molecule has 0 spiro atoms. The first-order valence-electron chi connectivity index (χ1n) is 5.37. The second-order valence-corrected chi connectivity index (χ2v) is 4.24. The molecule has 4 N–H and O–H groups in total. The fourth-order valence-corrected chi connectivity index (χ4v) is 1.97. The third-order valence-corrected chi connectivity index (χ3v) is 2.88. The Morgan fingerprint density at radius 3 is 2.32 bits per heavy atom. The zero-order chi connectivity index (χ0) is 14.0. The monoisotopic (exact) mass is 284 g/mol. The number of halogens is 3. The van der Waals surface area contributed by atoms with Crippen LogP contribution in [-0.4, -0.2) is 6.61 Å². The van der Waals surface area contributed by atoms with Crippen LogP contribution >= 0.6 is 11.6 Å². The Hall–Kier alpha value is -2.01. The smallest absolute Gasteiger partial charge is 0.387 e. The third-order valence-electron chi connectivity index (χ3n) is 2.57. The minimum Gasteiger partial charge on any atom is -0.434 e. The SMILES string of the molecule is Nc1cc(Cl)c(-c2ccccc2OC(F)F)cc1N. The van der Waals surface area contributed by atoms with Gasteiger partial charge in [-0.1, -0.05) is 29.8 Å². The molecular formula is C13H11ClF2N2O. The molecule has 3 nitrogen and oxygen atoms in total. The van der Waals surface area contributed by atoms with Crippen molar-refractivity contribution in [2.45, 2.75) is 6.61 Å². The summed E-state index contributed by atoms with van der Waals surface area (Å²) in [4.78, 5) is 0. The van der Waals surface area contributed by atoms with E-state index in [0.29, 0.717) is 27.5 Å². The molecule has 2 aromatic carbocycles. The van der Waals surface area contributed by atoms with E-state index in [1.165, 1.54) is 18.2 Å². The summed E-state index contributed by atoms with van der Waals surface area (Å²) in [5, 5.41) is 0.317. The van der Waals surface area contributed by atoms with Gasteiger partial charge in [-0.25, -0.2) is 0 Å². The zero-order valence-electron chi connectivity index (χ0n) is 9.74. The highest BCUT2D eigenvalue weighted by molar-refractivity contribution is 6.34. The minimum atomic E-state index is -2.91. The molecule has 0 atom stereocenters. The predicted molar refractivity (Wildman–Crippen MR) is 72.3 cm³/mol. The van der Waals surface area contributed by atoms with E-state index in [9.17, 15) is 8.78 Å². The number of nitrogens with two attached hydrogens (primary N) is 2. The molecule has 0 aliphatic carbocycles. The first-order valence-corrected chi connectivity index (χ1v) is 5.75. The Balaban J connectivity index is 2.56. The van der Waals surface area contributed by atoms with E-state index in [1.54, 1.807) is 18.2 Å². The molecule has 0 aliphatic rings. The summed E-state index contributed by atoms with van der Waals surface area (Å²) >= 11 is 6.07. The number of benzene rings is 2. The highest BCUT2D eigenvalue weighted by Crippen LogP contribution is 2.38. The fourth-order valence-electron chi connectivity index (χ4n) is 1.70. The molecule has 2 rings (SSSR count). The summed E-state index contributed by atoms with van der Waals surface area (Å²) in [5.41, 5.74) is 12.9. The van der Waals surface area contributed by atoms with Crippen LogP contribution in [0.3, 0.4) is 0 Å². The molecule has 0 fully saturated rings. The standard InChI is InChI=1S/C13H11ClF2N2O/c14-9-6-11(18)10(17)5-8(9)7-3-1-2-4-12(7)19-13(15)16/h1-6,13H,17-18H2. The number of para-hydroxylation sites is 1. The summed E-state index contributed by atoms with van der Waals surface area (Å²) in [6.45, 7) is -2.91. The minimum absolute atomic E-state index is 0.0311. The van der Waals surface area contributed by atoms with E-state index < -0.39 is 6.61 Å². The maximum Gasteiger partial charge on any atom is 0.387 e. The van der Waals surface area contributed by atoms with Gasteiger partial charge >= 0.3 is 6.61 Å². The van der Waals surface area contributed by atoms with E-state index >= 15 is 0 Å². The van der Waals surface area contributed by atoms with Crippen LogP contribution in [0.25, 0.3) is 11.1 Å². The highest BCUT2D eigenvalue weighted by atomic mass is 35.5. The Morgan fingerprint density at radius 2 is 1.63 bits per heavy atom. The maximum atomic E-state index is 12.4. The van der Waals surface area contributed by atoms with Gasteiger partial charge in [0.1, 0.15) is 5.75 Å². The van der Waals surface area contributed by atoms with Crippen LogP contribution in [0.5, 0.6) is 5.75 Å². The molecule has 19 heavy (non-hydrogen) atoms. The van der Waals surface area contributed by atoms with Gasteiger partial charge in [-0.2, -0.15) is 8.78 Å². The van der Waals surface area contributed by atoms with Gasteiger partial charge in [0.05, 0.1) is 16.4 Å². The second kappa shape index (κ2) is 5.32. The van der Waals surface area contributed by atoms with E-state index in [0.717, 1.165) is 0 Å². The molecule has 0 saturated heterocycles. The van der Waals surface area contributed by atoms with Crippen molar-refractivity contribution in [2.75, 3.05) is 11.5 Å². The number of nitrogen functional groups attached to an aromatic ring is 2. The lowest BCUT2D eigenvalue weighted by molar-refractivity contribution is -0.0494. The van der Waals surface area contributed by atoms with Crippen molar-refractivity contribution in [2.24, 2.45) is 0 Å². The van der Waals surface area contributed by atoms with Crippen molar-refractivity contribution in [3.8, 4) is 16.9 Å². The number of hydrogen-bond acceptors (Lipinski definition) is 3. The molecule has 0 amide bonds. The lowest BCUT2D eigenvalue weighted by Crippen LogP contribution is -2.03. The van der Waals surface area contributed by atoms with Gasteiger partial charge in [0.15, 0.2) is 0 Å². The molecule has 2 aromatic rings. The Kier molecular flexibility index (Phi) is 3.76. The molecule has 0 unspecified atom stereocenters. The van der Waals surface area contributed by atoms with E-state index in [-0.39, 0.29) is 5.75 Å². The van der Waals surface area contributed by atoms with Crippen LogP contribution in [-0.2, 0) is 0 Å². The highest BCUT2D eigenvalue weighted by Gasteiger charge is 2.14.